The number of hydrogen-bond acceptors (Lipinski definition) is 3. The van der Waals surface area contributed by atoms with Crippen LogP contribution in [0.25, 0.3) is 6.08 Å². The first-order valence-electron chi connectivity index (χ1n) is 8.00. The topological polar surface area (TPSA) is 50.7 Å². The van der Waals surface area contributed by atoms with Crippen molar-refractivity contribution in [2.75, 3.05) is 14.2 Å². The Morgan fingerprint density at radius 3 is 2.42 bits per heavy atom. The van der Waals surface area contributed by atoms with Gasteiger partial charge >= 0.3 is 0 Å². The quantitative estimate of drug-likeness (QED) is 0.508. The van der Waals surface area contributed by atoms with Crippen molar-refractivity contribution in [2.45, 2.75) is 26.7 Å². The number of hydrogen-bond donors (Lipinski definition) is 1. The molecule has 2 rings (SSSR count). The van der Waals surface area contributed by atoms with Crippen LogP contribution in [0.3, 0.4) is 0 Å². The lowest BCUT2D eigenvalue weighted by Gasteiger charge is -2.21. The fourth-order valence-electron chi connectivity index (χ4n) is 2.67. The molecular weight excluding hydrogens is 300 g/mol. The molecule has 1 aromatic rings. The summed E-state index contributed by atoms with van der Waals surface area (Å²) in [4.78, 5) is 17.1. The van der Waals surface area contributed by atoms with Gasteiger partial charge in [0.2, 0.25) is 0 Å². The Bertz CT molecular complexity index is 725. The zero-order valence-electron chi connectivity index (χ0n) is 14.7. The summed E-state index contributed by atoms with van der Waals surface area (Å²) in [5.74, 6) is -0.232. The fourth-order valence-corrected chi connectivity index (χ4v) is 2.67. The lowest BCUT2D eigenvalue weighted by molar-refractivity contribution is -0.114. The number of rotatable bonds is 5. The van der Waals surface area contributed by atoms with E-state index in [0.29, 0.717) is 12.1 Å². The van der Waals surface area contributed by atoms with E-state index in [-0.39, 0.29) is 5.91 Å². The molecule has 0 unspecified atom stereocenters. The van der Waals surface area contributed by atoms with Gasteiger partial charge in [-0.15, -0.1) is 0 Å². The largest absolute Gasteiger partial charge is 0.398 e. The van der Waals surface area contributed by atoms with Crippen LogP contribution in [-0.2, 0) is 9.63 Å². The second-order valence-electron chi connectivity index (χ2n) is 5.86. The van der Waals surface area contributed by atoms with Crippen molar-refractivity contribution in [3.63, 3.8) is 0 Å². The van der Waals surface area contributed by atoms with Crippen molar-refractivity contribution in [1.29, 1.82) is 0 Å². The van der Waals surface area contributed by atoms with Crippen molar-refractivity contribution in [2.24, 2.45) is 5.16 Å². The number of nitrogens with one attached hydrogen (secondary N) is 1. The summed E-state index contributed by atoms with van der Waals surface area (Å²) in [5.41, 5.74) is 6.10. The van der Waals surface area contributed by atoms with Crippen LogP contribution in [0.1, 0.15) is 32.3 Å². The van der Waals surface area contributed by atoms with Crippen LogP contribution in [0.4, 0.5) is 0 Å². The molecule has 0 bridgehead atoms. The summed E-state index contributed by atoms with van der Waals surface area (Å²) in [6, 6.07) is 10.1. The second-order valence-corrected chi connectivity index (χ2v) is 5.86. The molecule has 4 heteroatoms. The molecule has 1 aliphatic carbocycles. The molecule has 0 radical (unpaired) electrons. The van der Waals surface area contributed by atoms with E-state index in [4.69, 9.17) is 4.84 Å². The minimum atomic E-state index is -0.232. The fraction of sp³-hybridized carbons (Fsp3) is 0.300. The van der Waals surface area contributed by atoms with Gasteiger partial charge < -0.3 is 10.2 Å². The molecule has 0 fully saturated rings. The third-order valence-corrected chi connectivity index (χ3v) is 4.20. The second kappa shape index (κ2) is 8.29. The number of allylic oxidation sites excluding steroid dienone is 4. The van der Waals surface area contributed by atoms with Crippen molar-refractivity contribution in [3.05, 3.63) is 64.3 Å². The number of benzene rings is 1. The first kappa shape index (κ1) is 17.7. The number of carbonyl (C=O) groups excluding carboxylic acids is 1. The average molecular weight is 324 g/mol. The van der Waals surface area contributed by atoms with Gasteiger partial charge in [-0.3, -0.25) is 4.79 Å². The van der Waals surface area contributed by atoms with Crippen LogP contribution < -0.4 is 5.32 Å². The maximum atomic E-state index is 12.2. The van der Waals surface area contributed by atoms with Gasteiger partial charge in [0.25, 0.3) is 5.91 Å². The number of nitrogens with zero attached hydrogens (tertiary/aromatic N) is 1. The summed E-state index contributed by atoms with van der Waals surface area (Å²) in [5, 5.41) is 6.62. The van der Waals surface area contributed by atoms with Gasteiger partial charge in [-0.25, -0.2) is 0 Å². The molecule has 1 aliphatic rings. The van der Waals surface area contributed by atoms with Gasteiger partial charge in [0.15, 0.2) is 5.71 Å². The highest BCUT2D eigenvalue weighted by Crippen LogP contribution is 2.31. The smallest absolute Gasteiger partial charge is 0.273 e. The van der Waals surface area contributed by atoms with Crippen LogP contribution in [0.5, 0.6) is 0 Å². The molecule has 1 N–H and O–H groups in total. The molecule has 0 heterocycles. The third-order valence-electron chi connectivity index (χ3n) is 4.20. The van der Waals surface area contributed by atoms with Gasteiger partial charge in [-0.05, 0) is 43.4 Å². The van der Waals surface area contributed by atoms with E-state index >= 15 is 0 Å². The predicted octanol–water partition coefficient (Wildman–Crippen LogP) is 3.88. The van der Waals surface area contributed by atoms with E-state index in [9.17, 15) is 4.79 Å². The van der Waals surface area contributed by atoms with Crippen LogP contribution in [0, 0.1) is 0 Å². The molecule has 0 saturated carbocycles. The molecule has 0 spiro atoms. The van der Waals surface area contributed by atoms with Crippen LogP contribution >= 0.6 is 0 Å². The van der Waals surface area contributed by atoms with Gasteiger partial charge in [0.05, 0.1) is 0 Å². The third kappa shape index (κ3) is 4.22. The first-order chi connectivity index (χ1) is 11.6. The maximum absolute atomic E-state index is 12.2. The predicted molar refractivity (Wildman–Crippen MR) is 98.6 cm³/mol. The van der Waals surface area contributed by atoms with E-state index in [0.717, 1.165) is 23.1 Å². The van der Waals surface area contributed by atoms with Crippen LogP contribution in [-0.4, -0.2) is 25.8 Å². The van der Waals surface area contributed by atoms with Gasteiger partial charge in [0, 0.05) is 7.05 Å². The molecule has 126 valence electrons. The molecular formula is C20H24N2O2. The zero-order valence-corrected chi connectivity index (χ0v) is 14.7. The standard InChI is InChI=1S/C20H24N2O2/c1-14-12-17(11-10-16-8-6-5-7-9-16)18(13-15(14)2)19(22-24-4)20(23)21-3/h5-11H,12-13H2,1-4H3,(H,21,23)/b11-10-,22-19+. The molecule has 0 aliphatic heterocycles. The van der Waals surface area contributed by atoms with E-state index in [2.05, 4.69) is 48.6 Å². The minimum absolute atomic E-state index is 0.232. The van der Waals surface area contributed by atoms with Gasteiger partial charge in [-0.2, -0.15) is 0 Å². The van der Waals surface area contributed by atoms with E-state index in [1.807, 2.05) is 18.2 Å². The Morgan fingerprint density at radius 2 is 1.79 bits per heavy atom. The lowest BCUT2D eigenvalue weighted by atomic mass is 9.84. The minimum Gasteiger partial charge on any atom is -0.398 e. The number of carbonyl (C=O) groups is 1. The SMILES string of the molecule is CNC(=O)/C(=N/OC)C1=C(/C=C\c2ccccc2)CC(C)=C(C)C1. The molecule has 24 heavy (non-hydrogen) atoms. The summed E-state index contributed by atoms with van der Waals surface area (Å²) < 4.78 is 0. The molecule has 0 atom stereocenters. The summed E-state index contributed by atoms with van der Waals surface area (Å²) in [7, 11) is 3.06. The van der Waals surface area contributed by atoms with E-state index in [1.165, 1.54) is 18.3 Å². The molecule has 1 amide bonds. The molecule has 4 nitrogen and oxygen atoms in total. The van der Waals surface area contributed by atoms with Crippen molar-refractivity contribution >= 4 is 17.7 Å². The van der Waals surface area contributed by atoms with Gasteiger partial charge in [-0.1, -0.05) is 58.8 Å². The lowest BCUT2D eigenvalue weighted by Crippen LogP contribution is -2.30. The zero-order chi connectivity index (χ0) is 17.5. The Kier molecular flexibility index (Phi) is 6.13. The summed E-state index contributed by atoms with van der Waals surface area (Å²) >= 11 is 0. The Morgan fingerprint density at radius 1 is 1.12 bits per heavy atom. The van der Waals surface area contributed by atoms with Crippen LogP contribution in [0.15, 0.2) is 63.9 Å². The highest BCUT2D eigenvalue weighted by Gasteiger charge is 2.23. The number of oxime groups is 1. The van der Waals surface area contributed by atoms with Gasteiger partial charge in [0.1, 0.15) is 7.11 Å². The highest BCUT2D eigenvalue weighted by atomic mass is 16.6. The monoisotopic (exact) mass is 324 g/mol. The highest BCUT2D eigenvalue weighted by molar-refractivity contribution is 6.45. The summed E-state index contributed by atoms with van der Waals surface area (Å²) in [6.07, 6.45) is 5.66. The molecule has 1 aromatic carbocycles. The van der Waals surface area contributed by atoms with Crippen molar-refractivity contribution in [1.82, 2.24) is 5.32 Å². The van der Waals surface area contributed by atoms with Crippen molar-refractivity contribution < 1.29 is 9.63 Å². The van der Waals surface area contributed by atoms with Crippen molar-refractivity contribution in [3.8, 4) is 0 Å². The van der Waals surface area contributed by atoms with E-state index in [1.54, 1.807) is 7.05 Å². The van der Waals surface area contributed by atoms with Crippen LogP contribution in [0.2, 0.25) is 0 Å². The average Bonchev–Trinajstić information content (AvgIpc) is 2.60. The Balaban J connectivity index is 2.44. The maximum Gasteiger partial charge on any atom is 0.273 e. The Hall–Kier alpha value is -2.62. The molecule has 0 aromatic heterocycles. The first-order valence-corrected chi connectivity index (χ1v) is 8.00. The van der Waals surface area contributed by atoms with E-state index < -0.39 is 0 Å². The molecule has 0 saturated heterocycles. The number of amides is 1. The Labute approximate surface area is 143 Å². The summed E-state index contributed by atoms with van der Waals surface area (Å²) in [6.45, 7) is 4.23. The normalized spacial score (nSPS) is 15.9.